The number of halogens is 3. The second-order valence-corrected chi connectivity index (χ2v) is 7.19. The van der Waals surface area contributed by atoms with Crippen molar-refractivity contribution in [2.75, 3.05) is 0 Å². The van der Waals surface area contributed by atoms with E-state index in [9.17, 15) is 22.8 Å². The van der Waals surface area contributed by atoms with Crippen LogP contribution >= 0.6 is 0 Å². The molecular weight excluding hydrogens is 427 g/mol. The highest BCUT2D eigenvalue weighted by Gasteiger charge is 2.49. The molecule has 32 heavy (non-hydrogen) atoms. The van der Waals surface area contributed by atoms with Crippen molar-refractivity contribution in [1.29, 1.82) is 5.26 Å². The number of imide groups is 1. The van der Waals surface area contributed by atoms with Gasteiger partial charge in [-0.25, -0.2) is 4.79 Å². The molecule has 1 atom stereocenters. The molecule has 0 radical (unpaired) electrons. The van der Waals surface area contributed by atoms with Gasteiger partial charge in [0.2, 0.25) is 0 Å². The topological polar surface area (TPSA) is 117 Å². The van der Waals surface area contributed by atoms with Gasteiger partial charge < -0.3 is 5.32 Å². The molecule has 0 spiro atoms. The first-order chi connectivity index (χ1) is 15.1. The first-order valence-corrected chi connectivity index (χ1v) is 9.23. The van der Waals surface area contributed by atoms with Gasteiger partial charge in [0.15, 0.2) is 5.82 Å². The van der Waals surface area contributed by atoms with Crippen LogP contribution < -0.4 is 5.32 Å². The third-order valence-corrected chi connectivity index (χ3v) is 5.14. The summed E-state index contributed by atoms with van der Waals surface area (Å²) in [5.41, 5.74) is -1.07. The number of urea groups is 1. The maximum Gasteiger partial charge on any atom is 0.416 e. The van der Waals surface area contributed by atoms with E-state index in [2.05, 4.69) is 20.8 Å². The first kappa shape index (κ1) is 21.0. The van der Waals surface area contributed by atoms with Crippen LogP contribution in [0.3, 0.4) is 0 Å². The van der Waals surface area contributed by atoms with Gasteiger partial charge in [-0.1, -0.05) is 12.1 Å². The van der Waals surface area contributed by atoms with E-state index in [0.717, 1.165) is 21.7 Å². The fourth-order valence-electron chi connectivity index (χ4n) is 3.35. The summed E-state index contributed by atoms with van der Waals surface area (Å²) < 4.78 is 39.6. The maximum atomic E-state index is 13.1. The fourth-order valence-corrected chi connectivity index (χ4v) is 3.35. The van der Waals surface area contributed by atoms with Gasteiger partial charge in [-0.3, -0.25) is 9.69 Å². The number of carbonyl (C=O) groups excluding carboxylic acids is 2. The van der Waals surface area contributed by atoms with Gasteiger partial charge in [0.05, 0.1) is 29.4 Å². The number of carbonyl (C=O) groups is 2. The quantitative estimate of drug-likeness (QED) is 0.622. The Balaban J connectivity index is 1.59. The normalized spacial score (nSPS) is 18.5. The maximum absolute atomic E-state index is 13.1. The van der Waals surface area contributed by atoms with Gasteiger partial charge >= 0.3 is 12.2 Å². The standard InChI is InChI=1S/C20H14F3N7O2/c1-19(13-4-2-12(10-24)3-5-13)17(31)29(18(32)25-19)11-16-26-27-28-30(16)15-8-6-14(7-9-15)20(21,22)23/h2-9H,11H2,1H3,(H,25,32). The number of nitrogens with zero attached hydrogens (tertiary/aromatic N) is 6. The zero-order chi connectivity index (χ0) is 23.1. The van der Waals surface area contributed by atoms with Gasteiger partial charge in [0.25, 0.3) is 5.91 Å². The molecule has 1 unspecified atom stereocenters. The molecule has 1 aliphatic heterocycles. The fraction of sp³-hybridized carbons (Fsp3) is 0.200. The molecule has 1 saturated heterocycles. The van der Waals surface area contributed by atoms with E-state index in [1.807, 2.05) is 6.07 Å². The molecule has 1 N–H and O–H groups in total. The summed E-state index contributed by atoms with van der Waals surface area (Å²) in [5.74, 6) is -0.480. The number of nitrogens with one attached hydrogen (secondary N) is 1. The average molecular weight is 441 g/mol. The van der Waals surface area contributed by atoms with Crippen LogP contribution in [0.25, 0.3) is 5.69 Å². The van der Waals surface area contributed by atoms with Crippen molar-refractivity contribution in [2.45, 2.75) is 25.2 Å². The SMILES string of the molecule is CC1(c2ccc(C#N)cc2)NC(=O)N(Cc2nnnn2-c2ccc(C(F)(F)F)cc2)C1=O. The average Bonchev–Trinajstić information content (AvgIpc) is 3.32. The lowest BCUT2D eigenvalue weighted by Crippen LogP contribution is -2.40. The minimum absolute atomic E-state index is 0.0809. The lowest BCUT2D eigenvalue weighted by molar-refractivity contribution is -0.137. The monoisotopic (exact) mass is 441 g/mol. The Morgan fingerprint density at radius 1 is 1.09 bits per heavy atom. The van der Waals surface area contributed by atoms with Crippen LogP contribution in [0.5, 0.6) is 0 Å². The van der Waals surface area contributed by atoms with E-state index >= 15 is 0 Å². The van der Waals surface area contributed by atoms with Gasteiger partial charge in [-0.2, -0.15) is 23.1 Å². The molecule has 12 heteroatoms. The van der Waals surface area contributed by atoms with E-state index in [1.165, 1.54) is 31.2 Å². The molecule has 3 amide bonds. The smallest absolute Gasteiger partial charge is 0.319 e. The molecular formula is C20H14F3N7O2. The van der Waals surface area contributed by atoms with Crippen molar-refractivity contribution in [2.24, 2.45) is 0 Å². The summed E-state index contributed by atoms with van der Waals surface area (Å²) in [4.78, 5) is 26.6. The molecule has 162 valence electrons. The summed E-state index contributed by atoms with van der Waals surface area (Å²) in [5, 5.41) is 22.7. The third kappa shape index (κ3) is 3.53. The van der Waals surface area contributed by atoms with Gasteiger partial charge in [-0.15, -0.1) is 5.10 Å². The van der Waals surface area contributed by atoms with Gasteiger partial charge in [0.1, 0.15) is 5.54 Å². The molecule has 3 aromatic rings. The molecule has 4 rings (SSSR count). The summed E-state index contributed by atoms with van der Waals surface area (Å²) >= 11 is 0. The molecule has 1 fully saturated rings. The van der Waals surface area contributed by atoms with Crippen LogP contribution in [0, 0.1) is 11.3 Å². The second-order valence-electron chi connectivity index (χ2n) is 7.19. The van der Waals surface area contributed by atoms with Gasteiger partial charge in [-0.05, 0) is 59.3 Å². The van der Waals surface area contributed by atoms with Crippen molar-refractivity contribution in [3.05, 3.63) is 71.0 Å². The molecule has 1 aromatic heterocycles. The summed E-state index contributed by atoms with van der Waals surface area (Å²) in [6.07, 6.45) is -4.49. The number of rotatable bonds is 4. The Morgan fingerprint density at radius 2 is 1.75 bits per heavy atom. The Bertz CT molecular complexity index is 1230. The van der Waals surface area contributed by atoms with Crippen LogP contribution in [-0.4, -0.2) is 37.0 Å². The Hall–Kier alpha value is -4.27. The summed E-state index contributed by atoms with van der Waals surface area (Å²) in [7, 11) is 0. The molecule has 9 nitrogen and oxygen atoms in total. The van der Waals surface area contributed by atoms with Crippen LogP contribution in [0.15, 0.2) is 48.5 Å². The van der Waals surface area contributed by atoms with Crippen LogP contribution in [-0.2, 0) is 23.1 Å². The van der Waals surface area contributed by atoms with Crippen molar-refractivity contribution >= 4 is 11.9 Å². The zero-order valence-corrected chi connectivity index (χ0v) is 16.5. The number of amides is 3. The number of benzene rings is 2. The van der Waals surface area contributed by atoms with E-state index < -0.39 is 29.2 Å². The lowest BCUT2D eigenvalue weighted by Gasteiger charge is -2.22. The first-order valence-electron chi connectivity index (χ1n) is 9.23. The van der Waals surface area contributed by atoms with E-state index in [-0.39, 0.29) is 18.1 Å². The highest BCUT2D eigenvalue weighted by Crippen LogP contribution is 2.31. The van der Waals surface area contributed by atoms with E-state index in [0.29, 0.717) is 11.1 Å². The zero-order valence-electron chi connectivity index (χ0n) is 16.5. The van der Waals surface area contributed by atoms with Gasteiger partial charge in [0, 0.05) is 0 Å². The second kappa shape index (κ2) is 7.45. The number of hydrogen-bond acceptors (Lipinski definition) is 6. The third-order valence-electron chi connectivity index (χ3n) is 5.14. The number of nitriles is 1. The molecule has 1 aliphatic rings. The largest absolute Gasteiger partial charge is 0.416 e. The Labute approximate surface area is 179 Å². The van der Waals surface area contributed by atoms with Crippen molar-refractivity contribution < 1.29 is 22.8 Å². The van der Waals surface area contributed by atoms with Crippen LogP contribution in [0.4, 0.5) is 18.0 Å². The number of tetrazole rings is 1. The molecule has 0 bridgehead atoms. The highest BCUT2D eigenvalue weighted by molar-refractivity contribution is 6.07. The molecule has 0 saturated carbocycles. The highest BCUT2D eigenvalue weighted by atomic mass is 19.4. The minimum atomic E-state index is -4.49. The predicted molar refractivity (Wildman–Crippen MR) is 102 cm³/mol. The minimum Gasteiger partial charge on any atom is -0.319 e. The number of aromatic nitrogens is 4. The van der Waals surface area contributed by atoms with Crippen molar-refractivity contribution in [3.63, 3.8) is 0 Å². The Morgan fingerprint density at radius 3 is 2.34 bits per heavy atom. The predicted octanol–water partition coefficient (Wildman–Crippen LogP) is 2.52. The van der Waals surface area contributed by atoms with Crippen molar-refractivity contribution in [1.82, 2.24) is 30.4 Å². The molecule has 2 aromatic carbocycles. The van der Waals surface area contributed by atoms with E-state index in [4.69, 9.17) is 5.26 Å². The van der Waals surface area contributed by atoms with Crippen LogP contribution in [0.2, 0.25) is 0 Å². The number of alkyl halides is 3. The molecule has 2 heterocycles. The van der Waals surface area contributed by atoms with E-state index in [1.54, 1.807) is 12.1 Å². The summed E-state index contributed by atoms with van der Waals surface area (Å²) in [6.45, 7) is 1.23. The van der Waals surface area contributed by atoms with Crippen LogP contribution in [0.1, 0.15) is 29.4 Å². The lowest BCUT2D eigenvalue weighted by atomic mass is 9.91. The van der Waals surface area contributed by atoms with Crippen molar-refractivity contribution in [3.8, 4) is 11.8 Å². The number of hydrogen-bond donors (Lipinski definition) is 1. The Kier molecular flexibility index (Phi) is 4.89. The molecule has 0 aliphatic carbocycles. The summed E-state index contributed by atoms with van der Waals surface area (Å²) in [6, 6.07) is 11.7.